The van der Waals surface area contributed by atoms with E-state index in [1.807, 2.05) is 0 Å². The fraction of sp³-hybridized carbons (Fsp3) is 1.00. The molecule has 2 aliphatic rings. The summed E-state index contributed by atoms with van der Waals surface area (Å²) < 4.78 is 5.43. The van der Waals surface area contributed by atoms with Gasteiger partial charge in [0.15, 0.2) is 0 Å². The van der Waals surface area contributed by atoms with Crippen molar-refractivity contribution in [2.24, 2.45) is 11.8 Å². The zero-order chi connectivity index (χ0) is 11.2. The highest BCUT2D eigenvalue weighted by Gasteiger charge is 2.23. The maximum atomic E-state index is 5.43. The normalized spacial score (nSPS) is 24.6. The Labute approximate surface area is 100 Å². The molecule has 1 saturated carbocycles. The molecule has 1 aliphatic heterocycles. The molecule has 0 spiro atoms. The molecule has 1 aliphatic carbocycles. The van der Waals surface area contributed by atoms with Crippen molar-refractivity contribution < 1.29 is 4.74 Å². The van der Waals surface area contributed by atoms with Gasteiger partial charge in [0.05, 0.1) is 0 Å². The predicted octanol–water partition coefficient (Wildman–Crippen LogP) is 2.97. The van der Waals surface area contributed by atoms with E-state index in [9.17, 15) is 0 Å². The summed E-state index contributed by atoms with van der Waals surface area (Å²) >= 11 is 0. The Morgan fingerprint density at radius 1 is 1.19 bits per heavy atom. The third kappa shape index (κ3) is 4.42. The third-order valence-electron chi connectivity index (χ3n) is 3.98. The van der Waals surface area contributed by atoms with Gasteiger partial charge >= 0.3 is 0 Å². The summed E-state index contributed by atoms with van der Waals surface area (Å²) in [6.45, 7) is 5.57. The van der Waals surface area contributed by atoms with Gasteiger partial charge in [-0.15, -0.1) is 0 Å². The van der Waals surface area contributed by atoms with Crippen LogP contribution in [0.5, 0.6) is 0 Å². The van der Waals surface area contributed by atoms with Crippen LogP contribution in [0.2, 0.25) is 0 Å². The van der Waals surface area contributed by atoms with E-state index in [1.54, 1.807) is 0 Å². The van der Waals surface area contributed by atoms with Crippen LogP contribution in [0.3, 0.4) is 0 Å². The second-order valence-electron chi connectivity index (χ2n) is 5.63. The van der Waals surface area contributed by atoms with Gasteiger partial charge in [0.2, 0.25) is 0 Å². The molecule has 0 bridgehead atoms. The van der Waals surface area contributed by atoms with E-state index < -0.39 is 0 Å². The van der Waals surface area contributed by atoms with Crippen molar-refractivity contribution >= 4 is 0 Å². The molecule has 2 rings (SSSR count). The fourth-order valence-electron chi connectivity index (χ4n) is 2.79. The second-order valence-corrected chi connectivity index (χ2v) is 5.63. The van der Waals surface area contributed by atoms with Crippen LogP contribution in [0.25, 0.3) is 0 Å². The van der Waals surface area contributed by atoms with Crippen molar-refractivity contribution in [2.45, 2.75) is 57.9 Å². The highest BCUT2D eigenvalue weighted by molar-refractivity contribution is 4.82. The van der Waals surface area contributed by atoms with Crippen LogP contribution in [-0.4, -0.2) is 25.8 Å². The molecule has 2 heteroatoms. The van der Waals surface area contributed by atoms with Crippen LogP contribution < -0.4 is 5.32 Å². The van der Waals surface area contributed by atoms with Crippen molar-refractivity contribution in [2.75, 3.05) is 19.8 Å². The predicted molar refractivity (Wildman–Crippen MR) is 67.6 cm³/mol. The average molecular weight is 225 g/mol. The average Bonchev–Trinajstić information content (AvgIpc) is 3.11. The van der Waals surface area contributed by atoms with Gasteiger partial charge in [-0.25, -0.2) is 0 Å². The molecular formula is C14H27NO. The first-order chi connectivity index (χ1) is 7.88. The SMILES string of the molecule is CCCC(CNC1CC1)CC1CCOCC1. The molecular weight excluding hydrogens is 198 g/mol. The van der Waals surface area contributed by atoms with Crippen LogP contribution in [0.15, 0.2) is 0 Å². The molecule has 0 aromatic rings. The van der Waals surface area contributed by atoms with E-state index in [4.69, 9.17) is 4.74 Å². The molecule has 0 amide bonds. The maximum absolute atomic E-state index is 5.43. The first-order valence-corrected chi connectivity index (χ1v) is 7.19. The van der Waals surface area contributed by atoms with E-state index >= 15 is 0 Å². The Hall–Kier alpha value is -0.0800. The first kappa shape index (κ1) is 12.4. The molecule has 16 heavy (non-hydrogen) atoms. The number of hydrogen-bond acceptors (Lipinski definition) is 2. The van der Waals surface area contributed by atoms with Gasteiger partial charge in [0, 0.05) is 19.3 Å². The summed E-state index contributed by atoms with van der Waals surface area (Å²) in [5, 5.41) is 3.70. The van der Waals surface area contributed by atoms with Crippen molar-refractivity contribution in [3.63, 3.8) is 0 Å². The molecule has 2 fully saturated rings. The van der Waals surface area contributed by atoms with Gasteiger partial charge < -0.3 is 10.1 Å². The van der Waals surface area contributed by atoms with Crippen LogP contribution in [0, 0.1) is 11.8 Å². The minimum Gasteiger partial charge on any atom is -0.381 e. The van der Waals surface area contributed by atoms with E-state index in [2.05, 4.69) is 12.2 Å². The van der Waals surface area contributed by atoms with Gasteiger partial charge in [0.25, 0.3) is 0 Å². The summed E-state index contributed by atoms with van der Waals surface area (Å²) in [6, 6.07) is 0.869. The molecule has 1 N–H and O–H groups in total. The van der Waals surface area contributed by atoms with Crippen molar-refractivity contribution in [1.82, 2.24) is 5.32 Å². The topological polar surface area (TPSA) is 21.3 Å². The third-order valence-corrected chi connectivity index (χ3v) is 3.98. The van der Waals surface area contributed by atoms with Gasteiger partial charge in [0.1, 0.15) is 0 Å². The summed E-state index contributed by atoms with van der Waals surface area (Å²) in [5.74, 6) is 1.85. The van der Waals surface area contributed by atoms with Gasteiger partial charge in [-0.1, -0.05) is 13.3 Å². The van der Waals surface area contributed by atoms with Crippen LogP contribution >= 0.6 is 0 Å². The largest absolute Gasteiger partial charge is 0.381 e. The smallest absolute Gasteiger partial charge is 0.0468 e. The van der Waals surface area contributed by atoms with Crippen LogP contribution in [-0.2, 0) is 4.74 Å². The zero-order valence-electron chi connectivity index (χ0n) is 10.7. The summed E-state index contributed by atoms with van der Waals surface area (Å²) in [4.78, 5) is 0. The Morgan fingerprint density at radius 3 is 2.56 bits per heavy atom. The first-order valence-electron chi connectivity index (χ1n) is 7.19. The standard InChI is InChI=1S/C14H27NO/c1-2-3-13(11-15-14-4-5-14)10-12-6-8-16-9-7-12/h12-15H,2-11H2,1H3. The second kappa shape index (κ2) is 6.61. The molecule has 1 unspecified atom stereocenters. The lowest BCUT2D eigenvalue weighted by molar-refractivity contribution is 0.0579. The fourth-order valence-corrected chi connectivity index (χ4v) is 2.79. The Balaban J connectivity index is 1.66. The summed E-state index contributed by atoms with van der Waals surface area (Å²) in [5.41, 5.74) is 0. The summed E-state index contributed by atoms with van der Waals surface area (Å²) in [6.07, 6.45) is 9.58. The van der Waals surface area contributed by atoms with Gasteiger partial charge in [-0.2, -0.15) is 0 Å². The van der Waals surface area contributed by atoms with E-state index in [0.717, 1.165) is 31.1 Å². The molecule has 2 nitrogen and oxygen atoms in total. The van der Waals surface area contributed by atoms with E-state index in [0.29, 0.717) is 0 Å². The molecule has 0 radical (unpaired) electrons. The Kier molecular flexibility index (Phi) is 5.11. The van der Waals surface area contributed by atoms with Crippen molar-refractivity contribution in [1.29, 1.82) is 0 Å². The summed E-state index contributed by atoms with van der Waals surface area (Å²) in [7, 11) is 0. The molecule has 0 aromatic heterocycles. The number of ether oxygens (including phenoxy) is 1. The molecule has 1 saturated heterocycles. The monoisotopic (exact) mass is 225 g/mol. The van der Waals surface area contributed by atoms with Crippen LogP contribution in [0.4, 0.5) is 0 Å². The van der Waals surface area contributed by atoms with Crippen LogP contribution in [0.1, 0.15) is 51.9 Å². The van der Waals surface area contributed by atoms with Gasteiger partial charge in [-0.3, -0.25) is 0 Å². The van der Waals surface area contributed by atoms with Crippen molar-refractivity contribution in [3.8, 4) is 0 Å². The molecule has 1 heterocycles. The lowest BCUT2D eigenvalue weighted by atomic mass is 9.86. The molecule has 0 aromatic carbocycles. The van der Waals surface area contributed by atoms with Gasteiger partial charge in [-0.05, 0) is 56.9 Å². The quantitative estimate of drug-likeness (QED) is 0.719. The lowest BCUT2D eigenvalue weighted by Crippen LogP contribution is -2.27. The van der Waals surface area contributed by atoms with E-state index in [-0.39, 0.29) is 0 Å². The zero-order valence-corrected chi connectivity index (χ0v) is 10.7. The maximum Gasteiger partial charge on any atom is 0.0468 e. The molecule has 1 atom stereocenters. The number of nitrogens with one attached hydrogen (secondary N) is 1. The highest BCUT2D eigenvalue weighted by atomic mass is 16.5. The minimum atomic E-state index is 0.869. The van der Waals surface area contributed by atoms with E-state index in [1.165, 1.54) is 51.5 Å². The number of rotatable bonds is 7. The lowest BCUT2D eigenvalue weighted by Gasteiger charge is -2.26. The van der Waals surface area contributed by atoms with Crippen molar-refractivity contribution in [3.05, 3.63) is 0 Å². The number of hydrogen-bond donors (Lipinski definition) is 1. The minimum absolute atomic E-state index is 0.869. The molecule has 94 valence electrons. The highest BCUT2D eigenvalue weighted by Crippen LogP contribution is 2.26. The Morgan fingerprint density at radius 2 is 1.94 bits per heavy atom. The Bertz CT molecular complexity index is 185.